The summed E-state index contributed by atoms with van der Waals surface area (Å²) in [7, 11) is 0. The lowest BCUT2D eigenvalue weighted by Gasteiger charge is -2.08. The first-order valence-corrected chi connectivity index (χ1v) is 7.38. The van der Waals surface area contributed by atoms with Gasteiger partial charge in [0.15, 0.2) is 0 Å². The Bertz CT molecular complexity index is 393. The fourth-order valence-electron chi connectivity index (χ4n) is 1.90. The number of nitrogens with one attached hydrogen (secondary N) is 1. The van der Waals surface area contributed by atoms with Crippen LogP contribution in [0.25, 0.3) is 0 Å². The molecule has 0 aliphatic heterocycles. The highest BCUT2D eigenvalue weighted by Crippen LogP contribution is 2.17. The smallest absolute Gasteiger partial charge is 0.305 e. The van der Waals surface area contributed by atoms with Gasteiger partial charge in [0, 0.05) is 24.7 Å². The lowest BCUT2D eigenvalue weighted by atomic mass is 10.2. The Morgan fingerprint density at radius 3 is 2.75 bits per heavy atom. The zero-order valence-corrected chi connectivity index (χ0v) is 12.5. The molecule has 0 aromatic heterocycles. The van der Waals surface area contributed by atoms with Crippen LogP contribution >= 0.6 is 0 Å². The number of hydrogen-bond donors (Lipinski definition) is 1. The van der Waals surface area contributed by atoms with E-state index in [1.54, 1.807) is 0 Å². The largest absolute Gasteiger partial charge is 0.494 e. The first-order valence-electron chi connectivity index (χ1n) is 7.38. The standard InChI is InChI=1S/C16H25NO3/c1-3-19-15-10-8-9-14(13-15)17-12-7-5-6-11-16(18)20-4-2/h8-10,13,17H,3-7,11-12H2,1-2H3. The van der Waals surface area contributed by atoms with Gasteiger partial charge in [0.1, 0.15) is 5.75 Å². The molecule has 112 valence electrons. The van der Waals surface area contributed by atoms with Crippen LogP contribution in [-0.4, -0.2) is 25.7 Å². The van der Waals surface area contributed by atoms with E-state index in [1.807, 2.05) is 38.1 Å². The van der Waals surface area contributed by atoms with E-state index in [2.05, 4.69) is 5.32 Å². The summed E-state index contributed by atoms with van der Waals surface area (Å²) in [5.41, 5.74) is 1.07. The molecular formula is C16H25NO3. The fraction of sp³-hybridized carbons (Fsp3) is 0.562. The van der Waals surface area contributed by atoms with Crippen molar-refractivity contribution in [3.05, 3.63) is 24.3 Å². The molecule has 0 aliphatic carbocycles. The van der Waals surface area contributed by atoms with Crippen molar-refractivity contribution in [3.8, 4) is 5.75 Å². The van der Waals surface area contributed by atoms with Gasteiger partial charge in [-0.2, -0.15) is 0 Å². The highest BCUT2D eigenvalue weighted by Gasteiger charge is 2.00. The molecule has 0 unspecified atom stereocenters. The van der Waals surface area contributed by atoms with Gasteiger partial charge in [-0.15, -0.1) is 0 Å². The minimum atomic E-state index is -0.0927. The number of esters is 1. The molecule has 0 amide bonds. The van der Waals surface area contributed by atoms with E-state index in [-0.39, 0.29) is 5.97 Å². The molecule has 1 N–H and O–H groups in total. The topological polar surface area (TPSA) is 47.6 Å². The van der Waals surface area contributed by atoms with E-state index < -0.39 is 0 Å². The second-order valence-electron chi connectivity index (χ2n) is 4.50. The maximum atomic E-state index is 11.1. The van der Waals surface area contributed by atoms with E-state index in [9.17, 15) is 4.79 Å². The first kappa shape index (κ1) is 16.3. The van der Waals surface area contributed by atoms with Crippen LogP contribution in [0.5, 0.6) is 5.75 Å². The Hall–Kier alpha value is -1.71. The average molecular weight is 279 g/mol. The summed E-state index contributed by atoms with van der Waals surface area (Å²) in [6, 6.07) is 7.96. The second kappa shape index (κ2) is 10.1. The molecule has 4 heteroatoms. The molecule has 1 aromatic rings. The van der Waals surface area contributed by atoms with Gasteiger partial charge in [-0.25, -0.2) is 0 Å². The molecule has 0 atom stereocenters. The molecule has 0 spiro atoms. The third-order valence-corrected chi connectivity index (χ3v) is 2.84. The maximum absolute atomic E-state index is 11.1. The molecule has 0 saturated carbocycles. The van der Waals surface area contributed by atoms with Crippen LogP contribution in [0.2, 0.25) is 0 Å². The lowest BCUT2D eigenvalue weighted by Crippen LogP contribution is -2.05. The molecule has 20 heavy (non-hydrogen) atoms. The Morgan fingerprint density at radius 1 is 1.15 bits per heavy atom. The van der Waals surface area contributed by atoms with Crippen molar-refractivity contribution < 1.29 is 14.3 Å². The fourth-order valence-corrected chi connectivity index (χ4v) is 1.90. The van der Waals surface area contributed by atoms with Gasteiger partial charge < -0.3 is 14.8 Å². The van der Waals surface area contributed by atoms with Gasteiger partial charge in [0.2, 0.25) is 0 Å². The second-order valence-corrected chi connectivity index (χ2v) is 4.50. The SMILES string of the molecule is CCOC(=O)CCCCCNc1cccc(OCC)c1. The number of benzene rings is 1. The van der Waals surface area contributed by atoms with Crippen molar-refractivity contribution in [2.75, 3.05) is 25.1 Å². The predicted octanol–water partition coefficient (Wildman–Crippen LogP) is 3.62. The van der Waals surface area contributed by atoms with Crippen molar-refractivity contribution in [1.29, 1.82) is 0 Å². The van der Waals surface area contributed by atoms with Crippen molar-refractivity contribution in [1.82, 2.24) is 0 Å². The molecule has 0 saturated heterocycles. The van der Waals surface area contributed by atoms with E-state index in [0.717, 1.165) is 37.2 Å². The predicted molar refractivity (Wildman–Crippen MR) is 81.2 cm³/mol. The molecule has 1 rings (SSSR count). The summed E-state index contributed by atoms with van der Waals surface area (Å²) < 4.78 is 10.3. The molecule has 0 heterocycles. The van der Waals surface area contributed by atoms with Crippen LogP contribution < -0.4 is 10.1 Å². The summed E-state index contributed by atoms with van der Waals surface area (Å²) in [5, 5.41) is 3.36. The highest BCUT2D eigenvalue weighted by molar-refractivity contribution is 5.69. The van der Waals surface area contributed by atoms with Crippen molar-refractivity contribution >= 4 is 11.7 Å². The van der Waals surface area contributed by atoms with Gasteiger partial charge in [0.25, 0.3) is 0 Å². The van der Waals surface area contributed by atoms with Gasteiger partial charge in [-0.3, -0.25) is 4.79 Å². The van der Waals surface area contributed by atoms with Gasteiger partial charge in [-0.05, 0) is 38.8 Å². The Kier molecular flexibility index (Phi) is 8.27. The summed E-state index contributed by atoms with van der Waals surface area (Å²) in [6.45, 7) is 5.86. The number of anilines is 1. The number of carbonyl (C=O) groups excluding carboxylic acids is 1. The van der Waals surface area contributed by atoms with Gasteiger partial charge in [0.05, 0.1) is 13.2 Å². The van der Waals surface area contributed by atoms with Crippen LogP contribution in [0, 0.1) is 0 Å². The molecule has 0 radical (unpaired) electrons. The van der Waals surface area contributed by atoms with Crippen LogP contribution in [0.1, 0.15) is 39.5 Å². The zero-order valence-electron chi connectivity index (χ0n) is 12.5. The monoisotopic (exact) mass is 279 g/mol. The third-order valence-electron chi connectivity index (χ3n) is 2.84. The molecule has 0 bridgehead atoms. The number of hydrogen-bond acceptors (Lipinski definition) is 4. The van der Waals surface area contributed by atoms with E-state index >= 15 is 0 Å². The summed E-state index contributed by atoms with van der Waals surface area (Å²) >= 11 is 0. The highest BCUT2D eigenvalue weighted by atomic mass is 16.5. The minimum Gasteiger partial charge on any atom is -0.494 e. The van der Waals surface area contributed by atoms with Crippen molar-refractivity contribution in [2.24, 2.45) is 0 Å². The molecule has 1 aromatic carbocycles. The van der Waals surface area contributed by atoms with Gasteiger partial charge >= 0.3 is 5.97 Å². The maximum Gasteiger partial charge on any atom is 0.305 e. The number of ether oxygens (including phenoxy) is 2. The van der Waals surface area contributed by atoms with Crippen molar-refractivity contribution in [2.45, 2.75) is 39.5 Å². The van der Waals surface area contributed by atoms with Gasteiger partial charge in [-0.1, -0.05) is 12.5 Å². The third kappa shape index (κ3) is 7.02. The van der Waals surface area contributed by atoms with Crippen LogP contribution in [0.3, 0.4) is 0 Å². The summed E-state index contributed by atoms with van der Waals surface area (Å²) in [6.07, 6.45) is 3.47. The minimum absolute atomic E-state index is 0.0927. The molecule has 0 fully saturated rings. The Balaban J connectivity index is 2.12. The average Bonchev–Trinajstić information content (AvgIpc) is 2.44. The molecule has 4 nitrogen and oxygen atoms in total. The summed E-state index contributed by atoms with van der Waals surface area (Å²) in [5.74, 6) is 0.796. The first-order chi connectivity index (χ1) is 9.76. The summed E-state index contributed by atoms with van der Waals surface area (Å²) in [4.78, 5) is 11.1. The number of rotatable bonds is 10. The van der Waals surface area contributed by atoms with Crippen LogP contribution in [-0.2, 0) is 9.53 Å². The molecular weight excluding hydrogens is 254 g/mol. The lowest BCUT2D eigenvalue weighted by molar-refractivity contribution is -0.143. The van der Waals surface area contributed by atoms with Crippen molar-refractivity contribution in [3.63, 3.8) is 0 Å². The Morgan fingerprint density at radius 2 is 2.00 bits per heavy atom. The normalized spacial score (nSPS) is 10.1. The molecule has 0 aliphatic rings. The number of unbranched alkanes of at least 4 members (excludes halogenated alkanes) is 2. The van der Waals surface area contributed by atoms with E-state index in [1.165, 1.54) is 0 Å². The Labute approximate surface area is 121 Å². The van der Waals surface area contributed by atoms with E-state index in [4.69, 9.17) is 9.47 Å². The van der Waals surface area contributed by atoms with Crippen LogP contribution in [0.15, 0.2) is 24.3 Å². The quantitative estimate of drug-likeness (QED) is 0.525. The van der Waals surface area contributed by atoms with Crippen LogP contribution in [0.4, 0.5) is 5.69 Å². The van der Waals surface area contributed by atoms with E-state index in [0.29, 0.717) is 19.6 Å². The number of carbonyl (C=O) groups is 1. The zero-order chi connectivity index (χ0) is 14.6.